The van der Waals surface area contributed by atoms with Crippen LogP contribution in [0.2, 0.25) is 0 Å². The van der Waals surface area contributed by atoms with Gasteiger partial charge in [-0.2, -0.15) is 5.10 Å². The first-order valence-electron chi connectivity index (χ1n) is 16.4. The number of ether oxygens (including phenoxy) is 2. The van der Waals surface area contributed by atoms with Crippen molar-refractivity contribution in [1.29, 1.82) is 0 Å². The third-order valence-corrected chi connectivity index (χ3v) is 8.65. The first-order chi connectivity index (χ1) is 23.9. The van der Waals surface area contributed by atoms with Crippen LogP contribution in [0.1, 0.15) is 24.8 Å². The number of halogens is 2. The monoisotopic (exact) mass is 662 g/mol. The highest BCUT2D eigenvalue weighted by atomic mass is 19.3. The molecule has 11 heteroatoms. The molecule has 0 unspecified atom stereocenters. The van der Waals surface area contributed by atoms with E-state index in [0.29, 0.717) is 55.4 Å². The van der Waals surface area contributed by atoms with Crippen molar-refractivity contribution < 1.29 is 23.0 Å². The van der Waals surface area contributed by atoms with Crippen molar-refractivity contribution in [2.75, 3.05) is 38.2 Å². The number of aromatic nitrogens is 4. The van der Waals surface area contributed by atoms with Gasteiger partial charge in [-0.1, -0.05) is 54.6 Å². The number of morpholine rings is 1. The van der Waals surface area contributed by atoms with Crippen molar-refractivity contribution in [3.63, 3.8) is 0 Å². The fourth-order valence-electron chi connectivity index (χ4n) is 6.14. The molecule has 3 heterocycles. The zero-order valence-corrected chi connectivity index (χ0v) is 26.9. The molecule has 9 nitrogen and oxygen atoms in total. The Morgan fingerprint density at radius 2 is 1.69 bits per heavy atom. The van der Waals surface area contributed by atoms with Gasteiger partial charge in [0.2, 0.25) is 0 Å². The maximum atomic E-state index is 14.5. The summed E-state index contributed by atoms with van der Waals surface area (Å²) >= 11 is 0. The van der Waals surface area contributed by atoms with Gasteiger partial charge in [-0.15, -0.1) is 0 Å². The van der Waals surface area contributed by atoms with E-state index < -0.39 is 11.9 Å². The lowest BCUT2D eigenvalue weighted by atomic mass is 10.0. The van der Waals surface area contributed by atoms with Crippen LogP contribution in [0.4, 0.5) is 20.3 Å². The molecule has 7 rings (SSSR count). The molecule has 49 heavy (non-hydrogen) atoms. The SMILES string of the molecule is O=C(C=CC(F)(F)CCCCN1CCOCC1)Oc1ccc2ncnc(Nc3cc4nn(Cc5ccccc5)cc4c4ccccc34)c2c1. The van der Waals surface area contributed by atoms with Crippen molar-refractivity contribution in [3.05, 3.63) is 109 Å². The lowest BCUT2D eigenvalue weighted by Crippen LogP contribution is -2.36. The second-order valence-electron chi connectivity index (χ2n) is 12.2. The molecule has 1 aliphatic rings. The fourth-order valence-corrected chi connectivity index (χ4v) is 6.14. The number of carbonyl (C=O) groups is 1. The maximum absolute atomic E-state index is 14.5. The highest BCUT2D eigenvalue weighted by molar-refractivity contribution is 6.12. The van der Waals surface area contributed by atoms with Crippen LogP contribution < -0.4 is 10.1 Å². The van der Waals surface area contributed by atoms with Gasteiger partial charge in [0, 0.05) is 53.6 Å². The molecule has 1 N–H and O–H groups in total. The Labute approximate surface area is 282 Å². The molecule has 4 aromatic carbocycles. The fraction of sp³-hybridized carbons (Fsp3) is 0.263. The van der Waals surface area contributed by atoms with Gasteiger partial charge in [0.25, 0.3) is 5.92 Å². The Bertz CT molecular complexity index is 2110. The second-order valence-corrected chi connectivity index (χ2v) is 12.2. The molecule has 250 valence electrons. The molecule has 0 saturated carbocycles. The standard InChI is InChI=1S/C38H36F2N6O3/c39-38(40,15-6-7-17-45-18-20-48-21-19-45)16-14-36(47)49-28-12-13-33-31(22-28)37(42-26-41-33)43-34-23-35-32(29-10-4-5-11-30(29)34)25-46(44-35)24-27-8-2-1-3-9-27/h1-5,8-14,16,22-23,25-26H,6-7,15,17-21,24H2,(H,41,42,43). The number of fused-ring (bicyclic) bond motifs is 4. The molecule has 0 amide bonds. The van der Waals surface area contributed by atoms with Gasteiger partial charge in [0.15, 0.2) is 0 Å². The van der Waals surface area contributed by atoms with Gasteiger partial charge >= 0.3 is 5.97 Å². The molecular weight excluding hydrogens is 626 g/mol. The van der Waals surface area contributed by atoms with E-state index in [9.17, 15) is 13.6 Å². The second kappa shape index (κ2) is 14.5. The van der Waals surface area contributed by atoms with Crippen LogP contribution in [-0.2, 0) is 16.1 Å². The van der Waals surface area contributed by atoms with E-state index in [1.165, 1.54) is 6.33 Å². The van der Waals surface area contributed by atoms with E-state index in [1.807, 2.05) is 47.1 Å². The Kier molecular flexibility index (Phi) is 9.54. The number of unbranched alkanes of at least 4 members (excludes halogenated alkanes) is 1. The van der Waals surface area contributed by atoms with Gasteiger partial charge in [0.1, 0.15) is 17.9 Å². The molecule has 1 saturated heterocycles. The van der Waals surface area contributed by atoms with E-state index in [-0.39, 0.29) is 12.2 Å². The van der Waals surface area contributed by atoms with Crippen LogP contribution in [-0.4, -0.2) is 69.4 Å². The quantitative estimate of drug-likeness (QED) is 0.0623. The Hall–Kier alpha value is -5.26. The summed E-state index contributed by atoms with van der Waals surface area (Å²) in [4.78, 5) is 23.7. The van der Waals surface area contributed by atoms with E-state index in [0.717, 1.165) is 58.6 Å². The number of alkyl halides is 2. The molecule has 0 atom stereocenters. The summed E-state index contributed by atoms with van der Waals surface area (Å²) in [6, 6.07) is 25.1. The Balaban J connectivity index is 1.06. The van der Waals surface area contributed by atoms with Crippen molar-refractivity contribution in [2.24, 2.45) is 0 Å². The minimum atomic E-state index is -3.11. The van der Waals surface area contributed by atoms with Crippen molar-refractivity contribution >= 4 is 50.1 Å². The number of esters is 1. The van der Waals surface area contributed by atoms with Gasteiger partial charge < -0.3 is 14.8 Å². The molecular formula is C38H36F2N6O3. The van der Waals surface area contributed by atoms with Crippen molar-refractivity contribution in [2.45, 2.75) is 31.7 Å². The molecule has 2 aromatic heterocycles. The third-order valence-electron chi connectivity index (χ3n) is 8.65. The number of hydrogen-bond donors (Lipinski definition) is 1. The van der Waals surface area contributed by atoms with Crippen LogP contribution in [0.15, 0.2) is 104 Å². The zero-order chi connectivity index (χ0) is 33.6. The first kappa shape index (κ1) is 32.3. The van der Waals surface area contributed by atoms with E-state index in [2.05, 4.69) is 44.6 Å². The summed E-state index contributed by atoms with van der Waals surface area (Å²) in [7, 11) is 0. The van der Waals surface area contributed by atoms with E-state index in [4.69, 9.17) is 14.6 Å². The summed E-state index contributed by atoms with van der Waals surface area (Å²) < 4.78 is 41.7. The molecule has 0 bridgehead atoms. The third kappa shape index (κ3) is 7.90. The minimum Gasteiger partial charge on any atom is -0.423 e. The van der Waals surface area contributed by atoms with Crippen LogP contribution in [0.3, 0.4) is 0 Å². The average molecular weight is 663 g/mol. The summed E-state index contributed by atoms with van der Waals surface area (Å²) in [5, 5.41) is 12.0. The molecule has 1 fully saturated rings. The molecule has 0 radical (unpaired) electrons. The molecule has 0 aliphatic carbocycles. The average Bonchev–Trinajstić information content (AvgIpc) is 3.53. The topological polar surface area (TPSA) is 94.4 Å². The smallest absolute Gasteiger partial charge is 0.336 e. The summed E-state index contributed by atoms with van der Waals surface area (Å²) in [5.74, 6) is -3.31. The highest BCUT2D eigenvalue weighted by Gasteiger charge is 2.25. The lowest BCUT2D eigenvalue weighted by Gasteiger charge is -2.26. The normalized spacial score (nSPS) is 14.2. The number of rotatable bonds is 12. The van der Waals surface area contributed by atoms with Crippen LogP contribution in [0, 0.1) is 0 Å². The van der Waals surface area contributed by atoms with Crippen LogP contribution in [0.25, 0.3) is 32.6 Å². The summed E-state index contributed by atoms with van der Waals surface area (Å²) in [6.45, 7) is 4.42. The van der Waals surface area contributed by atoms with Crippen LogP contribution >= 0.6 is 0 Å². The number of nitrogens with one attached hydrogen (secondary N) is 1. The van der Waals surface area contributed by atoms with Crippen LogP contribution in [0.5, 0.6) is 5.75 Å². The van der Waals surface area contributed by atoms with E-state index >= 15 is 0 Å². The number of allylic oxidation sites excluding steroid dienone is 1. The van der Waals surface area contributed by atoms with Crippen molar-refractivity contribution in [3.8, 4) is 5.75 Å². The number of nitrogens with zero attached hydrogens (tertiary/aromatic N) is 5. The largest absolute Gasteiger partial charge is 0.423 e. The number of carbonyl (C=O) groups excluding carboxylic acids is 1. The molecule has 0 spiro atoms. The van der Waals surface area contributed by atoms with Gasteiger partial charge in [-0.25, -0.2) is 23.5 Å². The Morgan fingerprint density at radius 1 is 0.898 bits per heavy atom. The van der Waals surface area contributed by atoms with Gasteiger partial charge in [-0.3, -0.25) is 9.58 Å². The number of anilines is 2. The highest BCUT2D eigenvalue weighted by Crippen LogP contribution is 2.35. The predicted molar refractivity (Wildman–Crippen MR) is 186 cm³/mol. The predicted octanol–water partition coefficient (Wildman–Crippen LogP) is 7.52. The van der Waals surface area contributed by atoms with Crippen molar-refractivity contribution in [1.82, 2.24) is 24.6 Å². The molecule has 1 aliphatic heterocycles. The minimum absolute atomic E-state index is 0.189. The molecule has 6 aromatic rings. The lowest BCUT2D eigenvalue weighted by molar-refractivity contribution is -0.129. The number of benzene rings is 4. The zero-order valence-electron chi connectivity index (χ0n) is 26.9. The maximum Gasteiger partial charge on any atom is 0.336 e. The van der Waals surface area contributed by atoms with E-state index in [1.54, 1.807) is 18.2 Å². The van der Waals surface area contributed by atoms with Gasteiger partial charge in [0.05, 0.1) is 30.8 Å². The number of hydrogen-bond acceptors (Lipinski definition) is 8. The summed E-state index contributed by atoms with van der Waals surface area (Å²) in [6.07, 6.45) is 5.61. The Morgan fingerprint density at radius 3 is 2.53 bits per heavy atom. The van der Waals surface area contributed by atoms with Gasteiger partial charge in [-0.05, 0) is 60.7 Å². The summed E-state index contributed by atoms with van der Waals surface area (Å²) in [5.41, 5.74) is 3.39. The first-order valence-corrected chi connectivity index (χ1v) is 16.4.